The summed E-state index contributed by atoms with van der Waals surface area (Å²) in [5.74, 6) is 0.378. The summed E-state index contributed by atoms with van der Waals surface area (Å²) in [6, 6.07) is 0.0584. The summed E-state index contributed by atoms with van der Waals surface area (Å²) in [5, 5.41) is 16.7. The highest BCUT2D eigenvalue weighted by atomic mass is 16.4. The van der Waals surface area contributed by atoms with E-state index < -0.39 is 6.09 Å². The molecular weight excluding hydrogens is 218 g/mol. The maximum absolute atomic E-state index is 11.3. The maximum Gasteiger partial charge on any atom is 0.407 e. The summed E-state index contributed by atoms with van der Waals surface area (Å²) in [6.45, 7) is 5.74. The number of amidine groups is 1. The minimum Gasteiger partial charge on any atom is -0.465 e. The predicted octanol–water partition coefficient (Wildman–Crippen LogP) is 2.26. The van der Waals surface area contributed by atoms with Crippen LogP contribution < -0.4 is 5.73 Å². The Morgan fingerprint density at radius 2 is 1.76 bits per heavy atom. The van der Waals surface area contributed by atoms with E-state index in [1.807, 2.05) is 20.8 Å². The lowest BCUT2D eigenvalue weighted by Gasteiger charge is -2.42. The lowest BCUT2D eigenvalue weighted by atomic mass is 9.83. The third kappa shape index (κ3) is 3.35. The molecule has 0 spiro atoms. The number of carboxylic acid groups (broad SMARTS) is 1. The molecule has 1 saturated carbocycles. The average molecular weight is 241 g/mol. The van der Waals surface area contributed by atoms with Gasteiger partial charge in [-0.25, -0.2) is 4.79 Å². The van der Waals surface area contributed by atoms with E-state index in [0.717, 1.165) is 25.7 Å². The van der Waals surface area contributed by atoms with E-state index in [0.29, 0.717) is 0 Å². The fraction of sp³-hybridized carbons (Fsp3) is 0.833. The Morgan fingerprint density at radius 3 is 2.06 bits per heavy atom. The van der Waals surface area contributed by atoms with Crippen LogP contribution in [-0.2, 0) is 0 Å². The summed E-state index contributed by atoms with van der Waals surface area (Å²) in [6.07, 6.45) is 2.38. The molecule has 0 saturated heterocycles. The number of hydrogen-bond donors (Lipinski definition) is 3. The third-order valence-electron chi connectivity index (χ3n) is 3.43. The van der Waals surface area contributed by atoms with Gasteiger partial charge in [0.2, 0.25) is 0 Å². The molecule has 98 valence electrons. The number of nitrogens with zero attached hydrogens (tertiary/aromatic N) is 1. The van der Waals surface area contributed by atoms with Crippen LogP contribution in [0.5, 0.6) is 0 Å². The minimum atomic E-state index is -0.858. The van der Waals surface area contributed by atoms with Gasteiger partial charge in [-0.05, 0) is 46.5 Å². The number of amides is 1. The summed E-state index contributed by atoms with van der Waals surface area (Å²) in [5.41, 5.74) is 5.11. The predicted molar refractivity (Wildman–Crippen MR) is 67.3 cm³/mol. The molecule has 17 heavy (non-hydrogen) atoms. The maximum atomic E-state index is 11.3. The van der Waals surface area contributed by atoms with Crippen LogP contribution in [0.2, 0.25) is 0 Å². The summed E-state index contributed by atoms with van der Waals surface area (Å²) >= 11 is 0. The van der Waals surface area contributed by atoms with Crippen LogP contribution >= 0.6 is 0 Å². The Hall–Kier alpha value is -1.26. The number of carbonyl (C=O) groups is 1. The normalized spacial score (nSPS) is 25.4. The van der Waals surface area contributed by atoms with Crippen molar-refractivity contribution in [1.82, 2.24) is 4.90 Å². The van der Waals surface area contributed by atoms with Crippen molar-refractivity contribution < 1.29 is 9.90 Å². The molecule has 1 fully saturated rings. The molecule has 5 heteroatoms. The fourth-order valence-electron chi connectivity index (χ4n) is 2.64. The Bertz CT molecular complexity index is 301. The monoisotopic (exact) mass is 241 g/mol. The molecule has 0 aliphatic heterocycles. The molecule has 1 amide bonds. The number of nitrogens with two attached hydrogens (primary N) is 1. The van der Waals surface area contributed by atoms with Crippen molar-refractivity contribution in [2.75, 3.05) is 0 Å². The van der Waals surface area contributed by atoms with Gasteiger partial charge in [0.1, 0.15) is 0 Å². The van der Waals surface area contributed by atoms with Gasteiger partial charge in [0.05, 0.1) is 5.84 Å². The van der Waals surface area contributed by atoms with Crippen molar-refractivity contribution in [3.8, 4) is 0 Å². The molecule has 4 N–H and O–H groups in total. The van der Waals surface area contributed by atoms with Crippen LogP contribution in [0.15, 0.2) is 0 Å². The lowest BCUT2D eigenvalue weighted by Crippen LogP contribution is -2.52. The van der Waals surface area contributed by atoms with Crippen molar-refractivity contribution in [3.63, 3.8) is 0 Å². The highest BCUT2D eigenvalue weighted by Crippen LogP contribution is 2.31. The molecule has 0 heterocycles. The van der Waals surface area contributed by atoms with E-state index in [9.17, 15) is 9.90 Å². The number of rotatable bonds is 2. The quantitative estimate of drug-likeness (QED) is 0.511. The Labute approximate surface area is 102 Å². The Balaban J connectivity index is 2.68. The summed E-state index contributed by atoms with van der Waals surface area (Å²) in [4.78, 5) is 12.9. The van der Waals surface area contributed by atoms with E-state index in [2.05, 4.69) is 0 Å². The van der Waals surface area contributed by atoms with Gasteiger partial charge >= 0.3 is 6.09 Å². The molecule has 1 aliphatic carbocycles. The zero-order valence-electron chi connectivity index (χ0n) is 10.9. The van der Waals surface area contributed by atoms with Gasteiger partial charge in [0, 0.05) is 17.5 Å². The first-order valence-corrected chi connectivity index (χ1v) is 6.09. The summed E-state index contributed by atoms with van der Waals surface area (Å²) in [7, 11) is 0. The second-order valence-electron chi connectivity index (χ2n) is 5.78. The molecule has 0 radical (unpaired) electrons. The third-order valence-corrected chi connectivity index (χ3v) is 3.43. The zero-order valence-corrected chi connectivity index (χ0v) is 10.9. The van der Waals surface area contributed by atoms with E-state index in [1.165, 1.54) is 0 Å². The molecule has 1 rings (SSSR count). The van der Waals surface area contributed by atoms with Crippen molar-refractivity contribution in [1.29, 1.82) is 5.41 Å². The molecule has 0 aromatic carbocycles. The van der Waals surface area contributed by atoms with Gasteiger partial charge in [0.25, 0.3) is 0 Å². The topological polar surface area (TPSA) is 90.4 Å². The van der Waals surface area contributed by atoms with Crippen LogP contribution in [0.25, 0.3) is 0 Å². The van der Waals surface area contributed by atoms with Crippen LogP contribution in [-0.4, -0.2) is 33.5 Å². The van der Waals surface area contributed by atoms with Gasteiger partial charge in [-0.1, -0.05) is 0 Å². The van der Waals surface area contributed by atoms with E-state index in [1.54, 1.807) is 4.90 Å². The zero-order chi connectivity index (χ0) is 13.2. The van der Waals surface area contributed by atoms with Crippen LogP contribution in [0.3, 0.4) is 0 Å². The molecule has 0 unspecified atom stereocenters. The molecule has 5 nitrogen and oxygen atoms in total. The standard InChI is InChI=1S/C12H23N3O2/c1-12(2,3)15(11(16)17)9-6-4-8(5-7-9)10(13)14/h8-9H,4-7H2,1-3H3,(H3,13,14)(H,16,17). The van der Waals surface area contributed by atoms with E-state index >= 15 is 0 Å². The Morgan fingerprint density at radius 1 is 1.29 bits per heavy atom. The lowest BCUT2D eigenvalue weighted by molar-refractivity contribution is 0.0540. The molecule has 0 bridgehead atoms. The highest BCUT2D eigenvalue weighted by Gasteiger charge is 2.35. The van der Waals surface area contributed by atoms with Gasteiger partial charge in [-0.3, -0.25) is 5.41 Å². The second kappa shape index (κ2) is 4.94. The average Bonchev–Trinajstić information content (AvgIpc) is 2.15. The fourth-order valence-corrected chi connectivity index (χ4v) is 2.64. The van der Waals surface area contributed by atoms with Gasteiger partial charge < -0.3 is 15.7 Å². The number of nitrogens with one attached hydrogen (secondary N) is 1. The van der Waals surface area contributed by atoms with Crippen LogP contribution in [0.4, 0.5) is 4.79 Å². The first-order valence-electron chi connectivity index (χ1n) is 6.09. The molecule has 0 aromatic rings. The smallest absolute Gasteiger partial charge is 0.407 e. The van der Waals surface area contributed by atoms with Crippen LogP contribution in [0.1, 0.15) is 46.5 Å². The second-order valence-corrected chi connectivity index (χ2v) is 5.78. The molecular formula is C12H23N3O2. The number of hydrogen-bond acceptors (Lipinski definition) is 2. The largest absolute Gasteiger partial charge is 0.465 e. The minimum absolute atomic E-state index is 0.0584. The first kappa shape index (κ1) is 13.8. The van der Waals surface area contributed by atoms with Crippen molar-refractivity contribution in [2.24, 2.45) is 11.7 Å². The SMILES string of the molecule is CC(C)(C)N(C(=O)O)C1CCC(C(=N)N)CC1. The highest BCUT2D eigenvalue weighted by molar-refractivity contribution is 5.79. The van der Waals surface area contributed by atoms with Crippen molar-refractivity contribution in [2.45, 2.75) is 58.0 Å². The molecule has 0 aromatic heterocycles. The van der Waals surface area contributed by atoms with E-state index in [4.69, 9.17) is 11.1 Å². The van der Waals surface area contributed by atoms with Gasteiger partial charge in [0.15, 0.2) is 0 Å². The van der Waals surface area contributed by atoms with Crippen molar-refractivity contribution in [3.05, 3.63) is 0 Å². The molecule has 1 aliphatic rings. The Kier molecular flexibility index (Phi) is 4.01. The van der Waals surface area contributed by atoms with Gasteiger partial charge in [-0.15, -0.1) is 0 Å². The summed E-state index contributed by atoms with van der Waals surface area (Å²) < 4.78 is 0. The van der Waals surface area contributed by atoms with Crippen molar-refractivity contribution >= 4 is 11.9 Å². The first-order chi connectivity index (χ1) is 7.73. The van der Waals surface area contributed by atoms with E-state index in [-0.39, 0.29) is 23.3 Å². The van der Waals surface area contributed by atoms with Gasteiger partial charge in [-0.2, -0.15) is 0 Å². The van der Waals surface area contributed by atoms with Crippen LogP contribution in [0, 0.1) is 11.3 Å². The molecule has 0 atom stereocenters.